The Morgan fingerprint density at radius 3 is 2.85 bits per heavy atom. The summed E-state index contributed by atoms with van der Waals surface area (Å²) in [6, 6.07) is 7.52. The zero-order valence-electron chi connectivity index (χ0n) is 11.2. The first-order valence-electron chi connectivity index (χ1n) is 6.26. The lowest BCUT2D eigenvalue weighted by Gasteiger charge is -2.03. The molecule has 1 amide bonds. The van der Waals surface area contributed by atoms with E-state index in [2.05, 4.69) is 23.0 Å². The van der Waals surface area contributed by atoms with Gasteiger partial charge in [-0.15, -0.1) is 12.6 Å². The number of anilines is 1. The molecule has 0 atom stereocenters. The molecular weight excluding hydrogens is 274 g/mol. The number of hydrogen-bond donors (Lipinski definition) is 2. The van der Waals surface area contributed by atoms with Crippen molar-refractivity contribution < 1.29 is 9.53 Å². The van der Waals surface area contributed by atoms with Crippen LogP contribution < -0.4 is 5.32 Å². The summed E-state index contributed by atoms with van der Waals surface area (Å²) in [5.74, 6) is -0.0665. The van der Waals surface area contributed by atoms with Crippen molar-refractivity contribution in [2.45, 2.75) is 17.9 Å². The van der Waals surface area contributed by atoms with Crippen molar-refractivity contribution in [3.63, 3.8) is 0 Å². The second-order valence-electron chi connectivity index (χ2n) is 4.38. The summed E-state index contributed by atoms with van der Waals surface area (Å²) in [6.45, 7) is 1.25. The van der Waals surface area contributed by atoms with Gasteiger partial charge in [0.15, 0.2) is 0 Å². The first kappa shape index (κ1) is 14.6. The molecule has 0 saturated heterocycles. The summed E-state index contributed by atoms with van der Waals surface area (Å²) in [7, 11) is 1.64. The number of aromatic nitrogens is 2. The highest BCUT2D eigenvalue weighted by Gasteiger charge is 2.06. The van der Waals surface area contributed by atoms with E-state index in [1.807, 2.05) is 24.3 Å². The van der Waals surface area contributed by atoms with Crippen LogP contribution in [-0.2, 0) is 22.5 Å². The number of amides is 1. The zero-order valence-corrected chi connectivity index (χ0v) is 12.1. The normalized spacial score (nSPS) is 10.5. The van der Waals surface area contributed by atoms with Crippen LogP contribution in [0, 0.1) is 0 Å². The van der Waals surface area contributed by atoms with Gasteiger partial charge in [0, 0.05) is 18.2 Å². The maximum Gasteiger partial charge on any atom is 0.228 e. The minimum absolute atomic E-state index is 0.0665. The molecule has 1 aromatic heterocycles. The molecule has 20 heavy (non-hydrogen) atoms. The van der Waals surface area contributed by atoms with Crippen molar-refractivity contribution in [2.24, 2.45) is 0 Å². The smallest absolute Gasteiger partial charge is 0.228 e. The van der Waals surface area contributed by atoms with Crippen molar-refractivity contribution in [3.05, 3.63) is 42.2 Å². The summed E-state index contributed by atoms with van der Waals surface area (Å²) in [5.41, 5.74) is 1.64. The van der Waals surface area contributed by atoms with Gasteiger partial charge in [0.25, 0.3) is 0 Å². The number of benzene rings is 1. The Hall–Kier alpha value is -1.79. The second kappa shape index (κ2) is 7.12. The molecule has 1 aromatic carbocycles. The van der Waals surface area contributed by atoms with Crippen LogP contribution in [0.15, 0.2) is 41.6 Å². The Bertz CT molecular complexity index is 566. The minimum atomic E-state index is -0.0665. The van der Waals surface area contributed by atoms with E-state index in [1.54, 1.807) is 24.2 Å². The summed E-state index contributed by atoms with van der Waals surface area (Å²) >= 11 is 4.21. The van der Waals surface area contributed by atoms with Crippen LogP contribution in [0.5, 0.6) is 0 Å². The van der Waals surface area contributed by atoms with E-state index in [1.165, 1.54) is 0 Å². The molecular formula is C14H17N3O2S. The van der Waals surface area contributed by atoms with Crippen LogP contribution in [0.2, 0.25) is 0 Å². The molecule has 5 nitrogen and oxygen atoms in total. The lowest BCUT2D eigenvalue weighted by molar-refractivity contribution is -0.115. The Labute approximate surface area is 123 Å². The quantitative estimate of drug-likeness (QED) is 0.800. The van der Waals surface area contributed by atoms with Gasteiger partial charge in [-0.2, -0.15) is 5.10 Å². The molecule has 0 spiro atoms. The Morgan fingerprint density at radius 1 is 1.40 bits per heavy atom. The van der Waals surface area contributed by atoms with Crippen LogP contribution in [-0.4, -0.2) is 29.4 Å². The number of carbonyl (C=O) groups excluding carboxylic acids is 1. The molecule has 106 valence electrons. The van der Waals surface area contributed by atoms with Crippen molar-refractivity contribution in [1.82, 2.24) is 9.78 Å². The third-order valence-corrected chi connectivity index (χ3v) is 3.04. The number of carbonyl (C=O) groups is 1. The van der Waals surface area contributed by atoms with Crippen LogP contribution in [0.3, 0.4) is 0 Å². The Kier molecular flexibility index (Phi) is 5.20. The number of hydrogen-bond acceptors (Lipinski definition) is 4. The van der Waals surface area contributed by atoms with Gasteiger partial charge < -0.3 is 10.1 Å². The lowest BCUT2D eigenvalue weighted by Crippen LogP contribution is -2.14. The topological polar surface area (TPSA) is 56.1 Å². The molecule has 1 N–H and O–H groups in total. The van der Waals surface area contributed by atoms with Crippen molar-refractivity contribution in [2.75, 3.05) is 19.0 Å². The number of thiol groups is 1. The van der Waals surface area contributed by atoms with E-state index < -0.39 is 0 Å². The third kappa shape index (κ3) is 4.40. The number of methoxy groups -OCH3 is 1. The van der Waals surface area contributed by atoms with E-state index in [0.29, 0.717) is 25.3 Å². The molecule has 6 heteroatoms. The Morgan fingerprint density at radius 2 is 2.15 bits per heavy atom. The molecule has 0 unspecified atom stereocenters. The lowest BCUT2D eigenvalue weighted by atomic mass is 10.1. The van der Waals surface area contributed by atoms with E-state index in [-0.39, 0.29) is 5.91 Å². The van der Waals surface area contributed by atoms with Gasteiger partial charge in [0.1, 0.15) is 0 Å². The summed E-state index contributed by atoms with van der Waals surface area (Å²) in [5, 5.41) is 6.96. The number of nitrogens with one attached hydrogen (secondary N) is 1. The van der Waals surface area contributed by atoms with Gasteiger partial charge in [-0.1, -0.05) is 12.1 Å². The van der Waals surface area contributed by atoms with Crippen LogP contribution >= 0.6 is 12.6 Å². The first-order chi connectivity index (χ1) is 9.67. The molecule has 0 radical (unpaired) electrons. The van der Waals surface area contributed by atoms with Crippen molar-refractivity contribution in [3.8, 4) is 0 Å². The van der Waals surface area contributed by atoms with E-state index in [0.717, 1.165) is 10.5 Å². The molecule has 1 heterocycles. The highest BCUT2D eigenvalue weighted by atomic mass is 32.1. The van der Waals surface area contributed by atoms with Crippen LogP contribution in [0.1, 0.15) is 5.56 Å². The standard InChI is InChI=1S/C14H17N3O2S/c1-19-7-6-17-10-12(9-15-17)16-14(18)8-11-2-4-13(20)5-3-11/h2-5,9-10,20H,6-8H2,1H3,(H,16,18). The minimum Gasteiger partial charge on any atom is -0.383 e. The van der Waals surface area contributed by atoms with Gasteiger partial charge >= 0.3 is 0 Å². The SMILES string of the molecule is COCCn1cc(NC(=O)Cc2ccc(S)cc2)cn1. The maximum atomic E-state index is 11.9. The molecule has 0 fully saturated rings. The molecule has 0 aliphatic rings. The largest absolute Gasteiger partial charge is 0.383 e. The predicted molar refractivity (Wildman–Crippen MR) is 80.1 cm³/mol. The molecule has 0 bridgehead atoms. The average molecular weight is 291 g/mol. The van der Waals surface area contributed by atoms with Crippen molar-refractivity contribution >= 4 is 24.2 Å². The van der Waals surface area contributed by atoms with Gasteiger partial charge in [0.05, 0.1) is 31.5 Å². The fourth-order valence-corrected chi connectivity index (χ4v) is 1.89. The van der Waals surface area contributed by atoms with E-state index >= 15 is 0 Å². The third-order valence-electron chi connectivity index (χ3n) is 2.74. The van der Waals surface area contributed by atoms with Crippen LogP contribution in [0.25, 0.3) is 0 Å². The highest BCUT2D eigenvalue weighted by molar-refractivity contribution is 7.80. The van der Waals surface area contributed by atoms with Gasteiger partial charge in [-0.3, -0.25) is 9.48 Å². The molecule has 0 aliphatic heterocycles. The van der Waals surface area contributed by atoms with Gasteiger partial charge in [-0.25, -0.2) is 0 Å². The summed E-state index contributed by atoms with van der Waals surface area (Å²) in [6.07, 6.45) is 3.75. The van der Waals surface area contributed by atoms with E-state index in [9.17, 15) is 4.79 Å². The number of rotatable bonds is 6. The van der Waals surface area contributed by atoms with Gasteiger partial charge in [0.2, 0.25) is 5.91 Å². The zero-order chi connectivity index (χ0) is 14.4. The Balaban J connectivity index is 1.87. The molecule has 0 aliphatic carbocycles. The maximum absolute atomic E-state index is 11.9. The first-order valence-corrected chi connectivity index (χ1v) is 6.71. The summed E-state index contributed by atoms with van der Waals surface area (Å²) < 4.78 is 6.70. The predicted octanol–water partition coefficient (Wildman–Crippen LogP) is 2.00. The molecule has 0 saturated carbocycles. The second-order valence-corrected chi connectivity index (χ2v) is 4.89. The van der Waals surface area contributed by atoms with Crippen LogP contribution in [0.4, 0.5) is 5.69 Å². The fourth-order valence-electron chi connectivity index (χ4n) is 1.74. The van der Waals surface area contributed by atoms with E-state index in [4.69, 9.17) is 4.74 Å². The monoisotopic (exact) mass is 291 g/mol. The average Bonchev–Trinajstić information content (AvgIpc) is 2.86. The number of nitrogens with zero attached hydrogens (tertiary/aromatic N) is 2. The molecule has 2 aromatic rings. The summed E-state index contributed by atoms with van der Waals surface area (Å²) in [4.78, 5) is 12.8. The fraction of sp³-hybridized carbons (Fsp3) is 0.286. The van der Waals surface area contributed by atoms with Gasteiger partial charge in [-0.05, 0) is 17.7 Å². The van der Waals surface area contributed by atoms with Crippen molar-refractivity contribution in [1.29, 1.82) is 0 Å². The number of ether oxygens (including phenoxy) is 1. The molecule has 2 rings (SSSR count). The highest BCUT2D eigenvalue weighted by Crippen LogP contribution is 2.10.